The number of aliphatic hydroxyl groups excluding tert-OH is 1. The number of thiophene rings is 1. The third kappa shape index (κ3) is 6.66. The number of nitrogens with one attached hydrogen (secondary N) is 1. The zero-order valence-corrected chi connectivity index (χ0v) is 26.2. The molecule has 0 unspecified atom stereocenters. The largest absolute Gasteiger partial charge is 0.463 e. The van der Waals surface area contributed by atoms with E-state index in [1.165, 1.54) is 22.2 Å². The predicted molar refractivity (Wildman–Crippen MR) is 164 cm³/mol. The van der Waals surface area contributed by atoms with Crippen molar-refractivity contribution in [1.82, 2.24) is 19.5 Å². The number of hydrogen-bond acceptors (Lipinski definition) is 13. The molecule has 4 heterocycles. The van der Waals surface area contributed by atoms with Gasteiger partial charge in [0, 0.05) is 12.1 Å². The smallest absolute Gasteiger partial charge is 0.350 e. The molecule has 46 heavy (non-hydrogen) atoms. The highest BCUT2D eigenvalue weighted by molar-refractivity contribution is 7.12. The van der Waals surface area contributed by atoms with E-state index in [2.05, 4.69) is 20.3 Å². The van der Waals surface area contributed by atoms with Gasteiger partial charge in [-0.1, -0.05) is 18.2 Å². The number of esters is 2. The van der Waals surface area contributed by atoms with Crippen LogP contribution in [-0.2, 0) is 35.0 Å². The molecule has 0 aliphatic carbocycles. The van der Waals surface area contributed by atoms with Crippen molar-refractivity contribution in [2.24, 2.45) is 0 Å². The van der Waals surface area contributed by atoms with Crippen molar-refractivity contribution in [2.45, 2.75) is 50.5 Å². The van der Waals surface area contributed by atoms with Gasteiger partial charge in [0.1, 0.15) is 17.7 Å². The van der Waals surface area contributed by atoms with Gasteiger partial charge < -0.3 is 35.1 Å². The van der Waals surface area contributed by atoms with Crippen LogP contribution in [0.5, 0.6) is 0 Å². The molecule has 1 aliphatic rings. The van der Waals surface area contributed by atoms with E-state index in [0.29, 0.717) is 16.1 Å². The number of imidazole rings is 1. The molecule has 0 spiro atoms. The molecule has 4 aromatic rings. The van der Waals surface area contributed by atoms with Crippen molar-refractivity contribution >= 4 is 63.5 Å². The second-order valence-corrected chi connectivity index (χ2v) is 11.4. The van der Waals surface area contributed by atoms with E-state index in [-0.39, 0.29) is 47.8 Å². The van der Waals surface area contributed by atoms with Gasteiger partial charge in [0.05, 0.1) is 31.0 Å². The van der Waals surface area contributed by atoms with Crippen molar-refractivity contribution in [3.8, 4) is 0 Å². The summed E-state index contributed by atoms with van der Waals surface area (Å²) in [4.78, 5) is 51.7. The van der Waals surface area contributed by atoms with Crippen LogP contribution in [0.4, 0.5) is 15.9 Å². The number of ether oxygens (including phenoxy) is 4. The Morgan fingerprint density at radius 1 is 1.15 bits per heavy atom. The molecule has 4 N–H and O–H groups in total. The summed E-state index contributed by atoms with van der Waals surface area (Å²) in [6, 6.07) is 9.84. The number of anilines is 2. The van der Waals surface area contributed by atoms with Gasteiger partial charge in [-0.15, -0.1) is 11.3 Å². The van der Waals surface area contributed by atoms with Crippen LogP contribution >= 0.6 is 22.9 Å². The number of carbonyl (C=O) groups excluding carboxylic acids is 3. The zero-order valence-electron chi connectivity index (χ0n) is 24.6. The number of nitrogen functional groups attached to an aromatic ring is 1. The lowest BCUT2D eigenvalue weighted by Gasteiger charge is -2.30. The number of nitrogens with two attached hydrogens (primary N) is 1. The number of fused-ring (bicyclic) bond motifs is 1. The van der Waals surface area contributed by atoms with Gasteiger partial charge in [-0.25, -0.2) is 19.0 Å². The number of benzene rings is 1. The second kappa shape index (κ2) is 14.0. The van der Waals surface area contributed by atoms with E-state index in [9.17, 15) is 19.5 Å². The highest BCUT2D eigenvalue weighted by Crippen LogP contribution is 2.36. The molecular weight excluding hydrogens is 647 g/mol. The summed E-state index contributed by atoms with van der Waals surface area (Å²) in [5, 5.41) is 15.1. The van der Waals surface area contributed by atoms with Crippen LogP contribution in [-0.4, -0.2) is 86.3 Å². The molecule has 17 heteroatoms. The van der Waals surface area contributed by atoms with Crippen LogP contribution in [0.25, 0.3) is 11.2 Å². The molecular formula is C29H30ClFN6O8S. The lowest BCUT2D eigenvalue weighted by atomic mass is 9.93. The molecule has 1 aliphatic heterocycles. The monoisotopic (exact) mass is 676 g/mol. The number of rotatable bonds is 12. The summed E-state index contributed by atoms with van der Waals surface area (Å²) in [7, 11) is 0. The first-order valence-corrected chi connectivity index (χ1v) is 15.4. The fourth-order valence-corrected chi connectivity index (χ4v) is 5.66. The Hall–Kier alpha value is -4.22. The molecule has 1 fully saturated rings. The first-order chi connectivity index (χ1) is 22.1. The second-order valence-electron chi connectivity index (χ2n) is 10.1. The number of halogens is 2. The highest BCUT2D eigenvalue weighted by Gasteiger charge is 2.53. The Kier molecular flexibility index (Phi) is 10.1. The maximum atomic E-state index is 15.5. The van der Waals surface area contributed by atoms with E-state index in [0.717, 1.165) is 0 Å². The van der Waals surface area contributed by atoms with Crippen LogP contribution in [0.2, 0.25) is 5.28 Å². The molecule has 244 valence electrons. The van der Waals surface area contributed by atoms with Crippen LogP contribution in [0.1, 0.15) is 35.3 Å². The average Bonchev–Trinajstić information content (AvgIpc) is 3.77. The van der Waals surface area contributed by atoms with Crippen LogP contribution in [0, 0.1) is 0 Å². The van der Waals surface area contributed by atoms with Crippen LogP contribution in [0.3, 0.4) is 0 Å². The quantitative estimate of drug-likeness (QED) is 0.113. The number of aromatic nitrogens is 4. The summed E-state index contributed by atoms with van der Waals surface area (Å²) in [5.41, 5.74) is 4.64. The van der Waals surface area contributed by atoms with Gasteiger partial charge in [-0.05, 0) is 54.6 Å². The number of nitrogens with zero attached hydrogens (tertiary/aromatic N) is 4. The Bertz CT molecular complexity index is 1690. The Balaban J connectivity index is 1.38. The summed E-state index contributed by atoms with van der Waals surface area (Å²) in [5.74, 6) is -2.42. The van der Waals surface area contributed by atoms with Crippen molar-refractivity contribution in [3.63, 3.8) is 0 Å². The molecule has 1 amide bonds. The minimum atomic E-state index is -2.35. The number of amides is 1. The van der Waals surface area contributed by atoms with Crippen molar-refractivity contribution < 1.29 is 42.8 Å². The van der Waals surface area contributed by atoms with E-state index in [1.54, 1.807) is 55.6 Å². The van der Waals surface area contributed by atoms with Gasteiger partial charge in [-0.2, -0.15) is 9.97 Å². The van der Waals surface area contributed by atoms with Gasteiger partial charge >= 0.3 is 11.9 Å². The molecule has 0 bridgehead atoms. The van der Waals surface area contributed by atoms with Gasteiger partial charge in [0.25, 0.3) is 11.5 Å². The summed E-state index contributed by atoms with van der Waals surface area (Å²) in [6.07, 6.45) is -5.67. The molecule has 0 saturated carbocycles. The molecule has 5 rings (SSSR count). The Morgan fingerprint density at radius 3 is 2.48 bits per heavy atom. The third-order valence-corrected chi connectivity index (χ3v) is 8.14. The van der Waals surface area contributed by atoms with E-state index >= 15 is 4.39 Å². The summed E-state index contributed by atoms with van der Waals surface area (Å²) >= 11 is 7.22. The number of hydrogen-bond donors (Lipinski definition) is 3. The molecule has 0 radical (unpaired) electrons. The maximum absolute atomic E-state index is 15.5. The van der Waals surface area contributed by atoms with Gasteiger partial charge in [0.2, 0.25) is 5.28 Å². The van der Waals surface area contributed by atoms with Crippen LogP contribution in [0.15, 0.2) is 48.1 Å². The fourth-order valence-electron chi connectivity index (χ4n) is 4.87. The predicted octanol–water partition coefficient (Wildman–Crippen LogP) is 3.10. The fraction of sp³-hybridized carbons (Fsp3) is 0.379. The van der Waals surface area contributed by atoms with Crippen LogP contribution < -0.4 is 11.1 Å². The maximum Gasteiger partial charge on any atom is 0.350 e. The standard InChI is InChI=1S/C29H30ClFN6O8S/c1-3-42-26(40)29(27(41)43-4-2,12-15-7-9-16(10-8-15)34-24(39)18-6-5-11-46-18)44-13-17-21(38)19(31)25(45-17)37-14-33-20-22(32)35-28(30)36-23(20)37/h5-11,14,17,19,21,25,38H,3-4,12-13H2,1-2H3,(H,34,39)(H2,32,35,36)/t17-,19+,21-,25-/m1/s1. The lowest BCUT2D eigenvalue weighted by Crippen LogP contribution is -2.54. The molecule has 1 aromatic carbocycles. The first-order valence-electron chi connectivity index (χ1n) is 14.1. The van der Waals surface area contributed by atoms with Crippen molar-refractivity contribution in [2.75, 3.05) is 30.9 Å². The molecule has 4 atom stereocenters. The SMILES string of the molecule is CCOC(=O)C(Cc1ccc(NC(=O)c2cccs2)cc1)(OC[C@H]1O[C@@H](n2cnc3c(N)nc(Cl)nc32)[C@@H](F)[C@@H]1O)C(=O)OCC. The molecule has 1 saturated heterocycles. The summed E-state index contributed by atoms with van der Waals surface area (Å²) in [6.45, 7) is 2.32. The summed E-state index contributed by atoms with van der Waals surface area (Å²) < 4.78 is 38.9. The van der Waals surface area contributed by atoms with E-state index in [1.807, 2.05) is 0 Å². The average molecular weight is 677 g/mol. The molecule has 14 nitrogen and oxygen atoms in total. The normalized spacial score (nSPS) is 19.7. The minimum Gasteiger partial charge on any atom is -0.463 e. The number of carbonyl (C=O) groups is 3. The highest BCUT2D eigenvalue weighted by atomic mass is 35.5. The van der Waals surface area contributed by atoms with Crippen molar-refractivity contribution in [3.05, 3.63) is 63.8 Å². The first kappa shape index (κ1) is 33.2. The van der Waals surface area contributed by atoms with Crippen molar-refractivity contribution in [1.29, 1.82) is 0 Å². The number of aliphatic hydroxyl groups is 1. The number of alkyl halides is 1. The van der Waals surface area contributed by atoms with Gasteiger partial charge in [0.15, 0.2) is 23.9 Å². The zero-order chi connectivity index (χ0) is 33.0. The Labute approximate surface area is 270 Å². The lowest BCUT2D eigenvalue weighted by molar-refractivity contribution is -0.197. The topological polar surface area (TPSA) is 190 Å². The third-order valence-electron chi connectivity index (χ3n) is 7.10. The molecule has 3 aromatic heterocycles. The van der Waals surface area contributed by atoms with E-state index in [4.69, 9.17) is 36.3 Å². The Morgan fingerprint density at radius 2 is 1.85 bits per heavy atom. The minimum absolute atomic E-state index is 0.0332. The van der Waals surface area contributed by atoms with Gasteiger partial charge in [-0.3, -0.25) is 9.36 Å². The van der Waals surface area contributed by atoms with E-state index < -0.39 is 48.8 Å².